The zero-order chi connectivity index (χ0) is 14.1. The molecule has 3 rings (SSSR count). The van der Waals surface area contributed by atoms with E-state index in [0.717, 1.165) is 29.8 Å². The average Bonchev–Trinajstić information content (AvgIpc) is 2.49. The van der Waals surface area contributed by atoms with Gasteiger partial charge in [-0.05, 0) is 49.1 Å². The Morgan fingerprint density at radius 3 is 2.70 bits per heavy atom. The van der Waals surface area contributed by atoms with E-state index in [4.69, 9.17) is 0 Å². The molecule has 0 aliphatic carbocycles. The summed E-state index contributed by atoms with van der Waals surface area (Å²) in [5.41, 5.74) is 5.46. The second-order valence-electron chi connectivity index (χ2n) is 5.52. The van der Waals surface area contributed by atoms with Crippen molar-refractivity contribution in [2.24, 2.45) is 0 Å². The fraction of sp³-hybridized carbons (Fsp3) is 0.278. The van der Waals surface area contributed by atoms with Gasteiger partial charge in [-0.25, -0.2) is 0 Å². The van der Waals surface area contributed by atoms with Gasteiger partial charge in [-0.1, -0.05) is 30.3 Å². The molecule has 0 fully saturated rings. The van der Waals surface area contributed by atoms with Gasteiger partial charge in [0, 0.05) is 17.8 Å². The maximum atomic E-state index is 12.8. The number of Topliss-reactive ketones (excluding diaryl/α,β-unsaturated/α-hetero) is 1. The summed E-state index contributed by atoms with van der Waals surface area (Å²) in [7, 11) is 0. The van der Waals surface area contributed by atoms with E-state index in [-0.39, 0.29) is 11.7 Å². The Kier molecular flexibility index (Phi) is 3.31. The predicted molar refractivity (Wildman–Crippen MR) is 82.5 cm³/mol. The van der Waals surface area contributed by atoms with E-state index in [1.165, 1.54) is 11.1 Å². The first-order chi connectivity index (χ1) is 9.66. The van der Waals surface area contributed by atoms with Crippen molar-refractivity contribution in [1.82, 2.24) is 0 Å². The lowest BCUT2D eigenvalue weighted by molar-refractivity contribution is 0.0955. The van der Waals surface area contributed by atoms with E-state index in [1.807, 2.05) is 30.3 Å². The molecule has 0 bridgehead atoms. The van der Waals surface area contributed by atoms with Crippen molar-refractivity contribution >= 4 is 11.5 Å². The molecule has 2 heteroatoms. The average molecular weight is 265 g/mol. The van der Waals surface area contributed by atoms with Crippen LogP contribution in [0.5, 0.6) is 0 Å². The molecule has 1 heterocycles. The van der Waals surface area contributed by atoms with Crippen molar-refractivity contribution in [3.05, 3.63) is 64.7 Å². The number of para-hydroxylation sites is 1. The third-order valence-electron chi connectivity index (χ3n) is 4.19. The first kappa shape index (κ1) is 12.9. The molecule has 102 valence electrons. The second kappa shape index (κ2) is 5.12. The Labute approximate surface area is 119 Å². The van der Waals surface area contributed by atoms with Gasteiger partial charge in [0.2, 0.25) is 0 Å². The number of carbonyl (C=O) groups is 1. The lowest BCUT2D eigenvalue weighted by Gasteiger charge is -2.25. The third kappa shape index (κ3) is 2.22. The normalized spacial score (nSPS) is 17.2. The summed E-state index contributed by atoms with van der Waals surface area (Å²) >= 11 is 0. The molecule has 1 unspecified atom stereocenters. The Morgan fingerprint density at radius 1 is 1.10 bits per heavy atom. The minimum Gasteiger partial charge on any atom is -0.385 e. The molecule has 1 N–H and O–H groups in total. The number of ketones is 1. The molecule has 2 nitrogen and oxygen atoms in total. The van der Waals surface area contributed by atoms with Crippen LogP contribution in [0.1, 0.15) is 39.4 Å². The van der Waals surface area contributed by atoms with Gasteiger partial charge in [-0.2, -0.15) is 0 Å². The van der Waals surface area contributed by atoms with Gasteiger partial charge in [0.15, 0.2) is 5.78 Å². The van der Waals surface area contributed by atoms with E-state index < -0.39 is 0 Å². The fourth-order valence-electron chi connectivity index (χ4n) is 2.84. The number of hydrogen-bond donors (Lipinski definition) is 1. The van der Waals surface area contributed by atoms with Crippen LogP contribution in [0.4, 0.5) is 5.69 Å². The summed E-state index contributed by atoms with van der Waals surface area (Å²) < 4.78 is 0. The lowest BCUT2D eigenvalue weighted by Crippen LogP contribution is -2.23. The Balaban J connectivity index is 1.97. The van der Waals surface area contributed by atoms with Gasteiger partial charge >= 0.3 is 0 Å². The summed E-state index contributed by atoms with van der Waals surface area (Å²) in [6.07, 6.45) is 0.864. The Hall–Kier alpha value is -2.09. The third-order valence-corrected chi connectivity index (χ3v) is 4.19. The van der Waals surface area contributed by atoms with E-state index in [2.05, 4.69) is 31.3 Å². The van der Waals surface area contributed by atoms with Crippen LogP contribution in [-0.2, 0) is 0 Å². The van der Waals surface area contributed by atoms with Gasteiger partial charge in [-0.3, -0.25) is 4.79 Å². The number of carbonyl (C=O) groups excluding carboxylic acids is 1. The highest BCUT2D eigenvalue weighted by Crippen LogP contribution is 2.33. The van der Waals surface area contributed by atoms with Crippen LogP contribution in [0.3, 0.4) is 0 Å². The molecule has 2 aromatic carbocycles. The maximum Gasteiger partial charge on any atom is 0.170 e. The zero-order valence-electron chi connectivity index (χ0n) is 11.9. The largest absolute Gasteiger partial charge is 0.385 e. The minimum atomic E-state index is -0.0189. The van der Waals surface area contributed by atoms with Crippen LogP contribution in [0.15, 0.2) is 42.5 Å². The number of benzene rings is 2. The quantitative estimate of drug-likeness (QED) is 0.829. The number of fused-ring (bicyclic) bond motifs is 1. The first-order valence-electron chi connectivity index (χ1n) is 7.11. The van der Waals surface area contributed by atoms with Crippen molar-refractivity contribution in [1.29, 1.82) is 0 Å². The summed E-state index contributed by atoms with van der Waals surface area (Å²) in [6.45, 7) is 4.99. The number of anilines is 1. The molecular weight excluding hydrogens is 246 g/mol. The monoisotopic (exact) mass is 265 g/mol. The predicted octanol–water partition coefficient (Wildman–Crippen LogP) is 4.09. The molecule has 1 atom stereocenters. The van der Waals surface area contributed by atoms with Crippen molar-refractivity contribution < 1.29 is 4.79 Å². The van der Waals surface area contributed by atoms with Gasteiger partial charge < -0.3 is 5.32 Å². The molecule has 1 aliphatic rings. The van der Waals surface area contributed by atoms with Crippen molar-refractivity contribution in [3.63, 3.8) is 0 Å². The van der Waals surface area contributed by atoms with E-state index >= 15 is 0 Å². The van der Waals surface area contributed by atoms with Crippen LogP contribution < -0.4 is 5.32 Å². The molecule has 0 amide bonds. The number of nitrogens with one attached hydrogen (secondary N) is 1. The van der Waals surface area contributed by atoms with Crippen molar-refractivity contribution in [2.75, 3.05) is 11.9 Å². The van der Waals surface area contributed by atoms with Crippen LogP contribution in [-0.4, -0.2) is 12.3 Å². The Bertz CT molecular complexity index is 660. The summed E-state index contributed by atoms with van der Waals surface area (Å²) in [5.74, 6) is 0.219. The second-order valence-corrected chi connectivity index (χ2v) is 5.52. The molecular formula is C18H19NO. The molecule has 0 saturated heterocycles. The van der Waals surface area contributed by atoms with Crippen LogP contribution in [0.2, 0.25) is 0 Å². The maximum absolute atomic E-state index is 12.8. The molecule has 1 aliphatic heterocycles. The van der Waals surface area contributed by atoms with Crippen LogP contribution in [0, 0.1) is 13.8 Å². The molecule has 2 aromatic rings. The highest BCUT2D eigenvalue weighted by Gasteiger charge is 2.26. The molecule has 0 radical (unpaired) electrons. The molecule has 0 saturated carbocycles. The fourth-order valence-corrected chi connectivity index (χ4v) is 2.84. The van der Waals surface area contributed by atoms with Gasteiger partial charge in [-0.15, -0.1) is 0 Å². The van der Waals surface area contributed by atoms with Crippen LogP contribution >= 0.6 is 0 Å². The summed E-state index contributed by atoms with van der Waals surface area (Å²) in [4.78, 5) is 12.8. The smallest absolute Gasteiger partial charge is 0.170 e. The lowest BCUT2D eigenvalue weighted by atomic mass is 9.84. The van der Waals surface area contributed by atoms with Gasteiger partial charge in [0.25, 0.3) is 0 Å². The number of aryl methyl sites for hydroxylation is 2. The Morgan fingerprint density at radius 2 is 1.90 bits per heavy atom. The van der Waals surface area contributed by atoms with E-state index in [9.17, 15) is 4.79 Å². The zero-order valence-corrected chi connectivity index (χ0v) is 11.9. The standard InChI is InChI=1S/C18H19NO/c1-12-7-8-14(11-13(12)2)18(20)16-9-10-19-17-6-4-3-5-15(16)17/h3-8,11,16,19H,9-10H2,1-2H3. The van der Waals surface area contributed by atoms with Gasteiger partial charge in [0.1, 0.15) is 0 Å². The number of rotatable bonds is 2. The highest BCUT2D eigenvalue weighted by atomic mass is 16.1. The topological polar surface area (TPSA) is 29.1 Å². The van der Waals surface area contributed by atoms with Crippen LogP contribution in [0.25, 0.3) is 0 Å². The minimum absolute atomic E-state index is 0.0189. The summed E-state index contributed by atoms with van der Waals surface area (Å²) in [6, 6.07) is 14.1. The first-order valence-corrected chi connectivity index (χ1v) is 7.11. The summed E-state index contributed by atoms with van der Waals surface area (Å²) in [5, 5.41) is 3.37. The van der Waals surface area contributed by atoms with Gasteiger partial charge in [0.05, 0.1) is 5.92 Å². The SMILES string of the molecule is Cc1ccc(C(=O)C2CCNc3ccccc32)cc1C. The van der Waals surface area contributed by atoms with E-state index in [1.54, 1.807) is 0 Å². The molecule has 0 aromatic heterocycles. The van der Waals surface area contributed by atoms with Crippen molar-refractivity contribution in [2.45, 2.75) is 26.2 Å². The van der Waals surface area contributed by atoms with E-state index in [0.29, 0.717) is 0 Å². The molecule has 0 spiro atoms. The number of hydrogen-bond acceptors (Lipinski definition) is 2. The highest BCUT2D eigenvalue weighted by molar-refractivity contribution is 6.02. The van der Waals surface area contributed by atoms with Crippen molar-refractivity contribution in [3.8, 4) is 0 Å². The molecule has 20 heavy (non-hydrogen) atoms.